The van der Waals surface area contributed by atoms with Crippen LogP contribution in [0.3, 0.4) is 0 Å². The van der Waals surface area contributed by atoms with E-state index in [9.17, 15) is 4.79 Å². The number of pyridine rings is 1. The number of nitrogens with zero attached hydrogens (tertiary/aromatic N) is 2. The minimum atomic E-state index is -0.250. The van der Waals surface area contributed by atoms with Crippen LogP contribution >= 0.6 is 11.6 Å². The number of hydrogen-bond acceptors (Lipinski definition) is 4. The number of amides is 1. The Bertz CT molecular complexity index is 952. The lowest BCUT2D eigenvalue weighted by Gasteiger charge is -2.07. The molecule has 1 aromatic carbocycles. The second-order valence-corrected chi connectivity index (χ2v) is 5.79. The van der Waals surface area contributed by atoms with Gasteiger partial charge in [0.05, 0.1) is 10.7 Å². The summed E-state index contributed by atoms with van der Waals surface area (Å²) in [5.41, 5.74) is 2.51. The highest BCUT2D eigenvalue weighted by Crippen LogP contribution is 2.34. The van der Waals surface area contributed by atoms with Gasteiger partial charge in [-0.25, -0.2) is 4.98 Å². The number of fused-ring (bicyclic) bond motifs is 2. The van der Waals surface area contributed by atoms with Gasteiger partial charge in [-0.2, -0.15) is 0 Å². The summed E-state index contributed by atoms with van der Waals surface area (Å²) in [6.45, 7) is 2.15. The summed E-state index contributed by atoms with van der Waals surface area (Å²) in [4.78, 5) is 17.3. The van der Waals surface area contributed by atoms with Gasteiger partial charge in [0.1, 0.15) is 11.3 Å². The highest BCUT2D eigenvalue weighted by atomic mass is 35.5. The molecule has 0 bridgehead atoms. The first kappa shape index (κ1) is 14.8. The van der Waals surface area contributed by atoms with Crippen molar-refractivity contribution < 1.29 is 14.3 Å². The first-order valence-corrected chi connectivity index (χ1v) is 7.91. The van der Waals surface area contributed by atoms with E-state index < -0.39 is 0 Å². The molecule has 3 heterocycles. The quantitative estimate of drug-likeness (QED) is 0.790. The highest BCUT2D eigenvalue weighted by Gasteiger charge is 2.20. The first-order chi connectivity index (χ1) is 11.7. The number of halogens is 1. The lowest BCUT2D eigenvalue weighted by Crippen LogP contribution is -2.16. The fourth-order valence-electron chi connectivity index (χ4n) is 2.72. The number of rotatable bonds is 3. The second-order valence-electron chi connectivity index (χ2n) is 5.36. The fraction of sp³-hybridized carbons (Fsp3) is 0.176. The molecule has 1 amide bonds. The molecule has 24 heavy (non-hydrogen) atoms. The third-order valence-electron chi connectivity index (χ3n) is 3.84. The Morgan fingerprint density at radius 3 is 2.96 bits per heavy atom. The molecule has 0 aliphatic carbocycles. The predicted molar refractivity (Wildman–Crippen MR) is 90.1 cm³/mol. The van der Waals surface area contributed by atoms with E-state index in [1.807, 2.05) is 6.92 Å². The standard InChI is InChI=1S/C17H14ClN3O3/c1-2-12-16(21-8-10(18)3-6-15(21)20-12)17(22)19-11-4-5-13-14(7-11)24-9-23-13/h3-8H,2,9H2,1H3,(H,19,22). The maximum atomic E-state index is 12.8. The molecule has 0 atom stereocenters. The Morgan fingerprint density at radius 2 is 2.12 bits per heavy atom. The maximum Gasteiger partial charge on any atom is 0.274 e. The van der Waals surface area contributed by atoms with E-state index in [1.165, 1.54) is 0 Å². The summed E-state index contributed by atoms with van der Waals surface area (Å²) in [7, 11) is 0. The Labute approximate surface area is 143 Å². The van der Waals surface area contributed by atoms with Gasteiger partial charge in [0.15, 0.2) is 11.5 Å². The SMILES string of the molecule is CCc1nc2ccc(Cl)cn2c1C(=O)Nc1ccc2c(c1)OCO2. The lowest BCUT2D eigenvalue weighted by atomic mass is 10.2. The molecule has 0 spiro atoms. The molecule has 2 aromatic heterocycles. The lowest BCUT2D eigenvalue weighted by molar-refractivity contribution is 0.102. The van der Waals surface area contributed by atoms with Crippen LogP contribution < -0.4 is 14.8 Å². The van der Waals surface area contributed by atoms with E-state index >= 15 is 0 Å². The average molecular weight is 344 g/mol. The highest BCUT2D eigenvalue weighted by molar-refractivity contribution is 6.30. The van der Waals surface area contributed by atoms with Crippen LogP contribution in [-0.4, -0.2) is 22.1 Å². The van der Waals surface area contributed by atoms with Crippen LogP contribution in [0.4, 0.5) is 5.69 Å². The van der Waals surface area contributed by atoms with E-state index in [0.717, 1.165) is 5.69 Å². The largest absolute Gasteiger partial charge is 0.454 e. The minimum absolute atomic E-state index is 0.193. The normalized spacial score (nSPS) is 12.6. The van der Waals surface area contributed by atoms with Crippen molar-refractivity contribution in [3.05, 3.63) is 52.9 Å². The van der Waals surface area contributed by atoms with Crippen molar-refractivity contribution in [1.29, 1.82) is 0 Å². The zero-order chi connectivity index (χ0) is 16.7. The molecule has 1 aliphatic heterocycles. The number of imidazole rings is 1. The molecule has 0 saturated heterocycles. The van der Waals surface area contributed by atoms with Crippen molar-refractivity contribution >= 4 is 28.8 Å². The third kappa shape index (κ3) is 2.45. The number of carbonyl (C=O) groups is 1. The van der Waals surface area contributed by atoms with Crippen LogP contribution in [0, 0.1) is 0 Å². The van der Waals surface area contributed by atoms with Crippen LogP contribution in [0.15, 0.2) is 36.5 Å². The molecule has 7 heteroatoms. The molecule has 3 aromatic rings. The van der Waals surface area contributed by atoms with E-state index in [0.29, 0.717) is 40.0 Å². The number of ether oxygens (including phenoxy) is 2. The second kappa shape index (κ2) is 5.72. The number of benzene rings is 1. The van der Waals surface area contributed by atoms with Crippen molar-refractivity contribution in [2.75, 3.05) is 12.1 Å². The van der Waals surface area contributed by atoms with Crippen molar-refractivity contribution in [3.8, 4) is 11.5 Å². The van der Waals surface area contributed by atoms with Crippen LogP contribution in [0.5, 0.6) is 11.5 Å². The van der Waals surface area contributed by atoms with Gasteiger partial charge in [-0.3, -0.25) is 9.20 Å². The van der Waals surface area contributed by atoms with Crippen LogP contribution in [-0.2, 0) is 6.42 Å². The summed E-state index contributed by atoms with van der Waals surface area (Å²) in [6, 6.07) is 8.82. The van der Waals surface area contributed by atoms with Gasteiger partial charge in [-0.1, -0.05) is 18.5 Å². The van der Waals surface area contributed by atoms with Crippen LogP contribution in [0.1, 0.15) is 23.1 Å². The molecular formula is C17H14ClN3O3. The van der Waals surface area contributed by atoms with Gasteiger partial charge >= 0.3 is 0 Å². The van der Waals surface area contributed by atoms with E-state index in [4.69, 9.17) is 21.1 Å². The van der Waals surface area contributed by atoms with Gasteiger partial charge in [0, 0.05) is 18.0 Å². The van der Waals surface area contributed by atoms with Crippen LogP contribution in [0.25, 0.3) is 5.65 Å². The van der Waals surface area contributed by atoms with Crippen molar-refractivity contribution in [2.24, 2.45) is 0 Å². The number of aromatic nitrogens is 2. The zero-order valence-electron chi connectivity index (χ0n) is 12.9. The molecule has 0 radical (unpaired) electrons. The van der Waals surface area contributed by atoms with Crippen LogP contribution in [0.2, 0.25) is 5.02 Å². The summed E-state index contributed by atoms with van der Waals surface area (Å²) >= 11 is 6.06. The van der Waals surface area contributed by atoms with Crippen molar-refractivity contribution in [2.45, 2.75) is 13.3 Å². The maximum absolute atomic E-state index is 12.8. The van der Waals surface area contributed by atoms with Crippen molar-refractivity contribution in [1.82, 2.24) is 9.38 Å². The Balaban J connectivity index is 1.71. The smallest absolute Gasteiger partial charge is 0.274 e. The summed E-state index contributed by atoms with van der Waals surface area (Å²) in [6.07, 6.45) is 2.33. The monoisotopic (exact) mass is 343 g/mol. The van der Waals surface area contributed by atoms with Gasteiger partial charge in [-0.05, 0) is 30.7 Å². The molecule has 4 rings (SSSR count). The number of nitrogens with one attached hydrogen (secondary N) is 1. The third-order valence-corrected chi connectivity index (χ3v) is 4.06. The zero-order valence-corrected chi connectivity index (χ0v) is 13.6. The average Bonchev–Trinajstić information content (AvgIpc) is 3.17. The molecule has 1 aliphatic rings. The summed E-state index contributed by atoms with van der Waals surface area (Å²) < 4.78 is 12.3. The Morgan fingerprint density at radius 1 is 1.29 bits per heavy atom. The van der Waals surface area contributed by atoms with Gasteiger partial charge < -0.3 is 14.8 Å². The molecule has 6 nitrogen and oxygen atoms in total. The molecule has 0 saturated carbocycles. The van der Waals surface area contributed by atoms with Crippen molar-refractivity contribution in [3.63, 3.8) is 0 Å². The van der Waals surface area contributed by atoms with Gasteiger partial charge in [0.25, 0.3) is 5.91 Å². The van der Waals surface area contributed by atoms with E-state index in [2.05, 4.69) is 10.3 Å². The minimum Gasteiger partial charge on any atom is -0.454 e. The summed E-state index contributed by atoms with van der Waals surface area (Å²) in [5, 5.41) is 3.42. The van der Waals surface area contributed by atoms with E-state index in [1.54, 1.807) is 40.9 Å². The fourth-order valence-corrected chi connectivity index (χ4v) is 2.88. The first-order valence-electron chi connectivity index (χ1n) is 7.53. The Hall–Kier alpha value is -2.73. The molecule has 0 fully saturated rings. The Kier molecular flexibility index (Phi) is 3.54. The number of aryl methyl sites for hydroxylation is 1. The number of carbonyl (C=O) groups excluding carboxylic acids is 1. The molecular weight excluding hydrogens is 330 g/mol. The van der Waals surface area contributed by atoms with Gasteiger partial charge in [0.2, 0.25) is 6.79 Å². The molecule has 0 unspecified atom stereocenters. The summed E-state index contributed by atoms with van der Waals surface area (Å²) in [5.74, 6) is 1.04. The molecule has 1 N–H and O–H groups in total. The predicted octanol–water partition coefficient (Wildman–Crippen LogP) is 3.53. The topological polar surface area (TPSA) is 64.9 Å². The van der Waals surface area contributed by atoms with E-state index in [-0.39, 0.29) is 12.7 Å². The number of hydrogen-bond donors (Lipinski definition) is 1. The number of anilines is 1. The molecule has 122 valence electrons. The van der Waals surface area contributed by atoms with Gasteiger partial charge in [-0.15, -0.1) is 0 Å².